The summed E-state index contributed by atoms with van der Waals surface area (Å²) in [6.07, 6.45) is 4.62. The number of aromatic nitrogens is 3. The smallest absolute Gasteiger partial charge is 0.225 e. The monoisotopic (exact) mass is 284 g/mol. The van der Waals surface area contributed by atoms with Gasteiger partial charge in [0.1, 0.15) is 5.82 Å². The van der Waals surface area contributed by atoms with Crippen molar-refractivity contribution in [2.75, 3.05) is 0 Å². The van der Waals surface area contributed by atoms with Gasteiger partial charge in [0.05, 0.1) is 6.42 Å². The first-order chi connectivity index (χ1) is 10.2. The number of benzene rings is 1. The van der Waals surface area contributed by atoms with Gasteiger partial charge >= 0.3 is 0 Å². The van der Waals surface area contributed by atoms with Gasteiger partial charge in [0, 0.05) is 12.5 Å². The number of nitrogens with zero attached hydrogens (tertiary/aromatic N) is 3. The van der Waals surface area contributed by atoms with Gasteiger partial charge in [0.25, 0.3) is 0 Å². The van der Waals surface area contributed by atoms with Crippen molar-refractivity contribution in [3.05, 3.63) is 47.5 Å². The van der Waals surface area contributed by atoms with Gasteiger partial charge in [-0.15, -0.1) is 0 Å². The molecule has 1 aliphatic carbocycles. The molecule has 3 rings (SSSR count). The second-order valence-corrected chi connectivity index (χ2v) is 5.62. The van der Waals surface area contributed by atoms with Crippen LogP contribution in [0.5, 0.6) is 0 Å². The van der Waals surface area contributed by atoms with Gasteiger partial charge in [-0.05, 0) is 24.8 Å². The molecule has 5 nitrogen and oxygen atoms in total. The van der Waals surface area contributed by atoms with Gasteiger partial charge in [-0.2, -0.15) is 5.10 Å². The summed E-state index contributed by atoms with van der Waals surface area (Å²) in [7, 11) is 0. The number of hydrogen-bond acceptors (Lipinski definition) is 3. The lowest BCUT2D eigenvalue weighted by Gasteiger charge is -2.24. The predicted octanol–water partition coefficient (Wildman–Crippen LogP) is 1.82. The van der Waals surface area contributed by atoms with Crippen LogP contribution in [0.4, 0.5) is 0 Å². The van der Waals surface area contributed by atoms with E-state index in [1.54, 1.807) is 0 Å². The van der Waals surface area contributed by atoms with Crippen molar-refractivity contribution in [2.24, 2.45) is 5.73 Å². The Morgan fingerprint density at radius 2 is 2.05 bits per heavy atom. The van der Waals surface area contributed by atoms with Crippen molar-refractivity contribution >= 4 is 5.91 Å². The second-order valence-electron chi connectivity index (χ2n) is 5.62. The highest BCUT2D eigenvalue weighted by Crippen LogP contribution is 2.35. The fourth-order valence-corrected chi connectivity index (χ4v) is 2.65. The third kappa shape index (κ3) is 3.29. The standard InChI is InChI=1S/C16H20N4O/c17-14(21)11-15-18-16(13-7-4-8-13)20(19-15)10-9-12-5-2-1-3-6-12/h1-3,5-6,13H,4,7-11H2,(H2,17,21). The van der Waals surface area contributed by atoms with Crippen molar-refractivity contribution in [3.8, 4) is 0 Å². The molecule has 21 heavy (non-hydrogen) atoms. The largest absolute Gasteiger partial charge is 0.369 e. The van der Waals surface area contributed by atoms with E-state index in [0.29, 0.717) is 11.7 Å². The van der Waals surface area contributed by atoms with Crippen molar-refractivity contribution in [1.82, 2.24) is 14.8 Å². The van der Waals surface area contributed by atoms with E-state index in [0.717, 1.165) is 18.8 Å². The highest BCUT2D eigenvalue weighted by Gasteiger charge is 2.26. The zero-order valence-corrected chi connectivity index (χ0v) is 12.0. The SMILES string of the molecule is NC(=O)Cc1nc(C2CCC2)n(CCc2ccccc2)n1. The molecule has 1 saturated carbocycles. The van der Waals surface area contributed by atoms with E-state index in [1.165, 1.54) is 24.8 Å². The van der Waals surface area contributed by atoms with Crippen LogP contribution in [0, 0.1) is 0 Å². The number of aryl methyl sites for hydroxylation is 2. The first-order valence-corrected chi connectivity index (χ1v) is 7.48. The molecule has 2 N–H and O–H groups in total. The maximum absolute atomic E-state index is 11.1. The molecule has 0 spiro atoms. The van der Waals surface area contributed by atoms with E-state index in [2.05, 4.69) is 22.2 Å². The number of nitrogens with two attached hydrogens (primary N) is 1. The molecule has 1 amide bonds. The van der Waals surface area contributed by atoms with Crippen molar-refractivity contribution < 1.29 is 4.79 Å². The Kier molecular flexibility index (Phi) is 3.99. The molecular weight excluding hydrogens is 264 g/mol. The van der Waals surface area contributed by atoms with Crippen molar-refractivity contribution in [3.63, 3.8) is 0 Å². The van der Waals surface area contributed by atoms with Crippen molar-refractivity contribution in [1.29, 1.82) is 0 Å². The molecule has 5 heteroatoms. The molecule has 1 fully saturated rings. The maximum atomic E-state index is 11.1. The Bertz CT molecular complexity index is 616. The first kappa shape index (κ1) is 13.8. The van der Waals surface area contributed by atoms with E-state index < -0.39 is 0 Å². The molecule has 0 atom stereocenters. The highest BCUT2D eigenvalue weighted by molar-refractivity contribution is 5.75. The minimum absolute atomic E-state index is 0.123. The Morgan fingerprint density at radius 3 is 2.67 bits per heavy atom. The fraction of sp³-hybridized carbons (Fsp3) is 0.438. The van der Waals surface area contributed by atoms with Crippen LogP contribution in [0.3, 0.4) is 0 Å². The average molecular weight is 284 g/mol. The van der Waals surface area contributed by atoms with Gasteiger partial charge in [0.15, 0.2) is 5.82 Å². The third-order valence-corrected chi connectivity index (χ3v) is 4.00. The number of carbonyl (C=O) groups excluding carboxylic acids is 1. The Labute approximate surface area is 124 Å². The van der Waals surface area contributed by atoms with Crippen LogP contribution in [-0.4, -0.2) is 20.7 Å². The molecule has 0 saturated heterocycles. The lowest BCUT2D eigenvalue weighted by Crippen LogP contribution is -2.17. The van der Waals surface area contributed by atoms with Crippen LogP contribution in [0.15, 0.2) is 30.3 Å². The molecular formula is C16H20N4O. The summed E-state index contributed by atoms with van der Waals surface area (Å²) < 4.78 is 1.97. The minimum Gasteiger partial charge on any atom is -0.369 e. The van der Waals surface area contributed by atoms with Crippen LogP contribution in [0.1, 0.15) is 42.4 Å². The first-order valence-electron chi connectivity index (χ1n) is 7.48. The molecule has 0 radical (unpaired) electrons. The van der Waals surface area contributed by atoms with Gasteiger partial charge in [-0.1, -0.05) is 36.8 Å². The number of rotatable bonds is 6. The summed E-state index contributed by atoms with van der Waals surface area (Å²) in [6.45, 7) is 0.793. The maximum Gasteiger partial charge on any atom is 0.225 e. The minimum atomic E-state index is -0.379. The van der Waals surface area contributed by atoms with E-state index in [4.69, 9.17) is 5.73 Å². The van der Waals surface area contributed by atoms with E-state index in [-0.39, 0.29) is 12.3 Å². The Balaban J connectivity index is 1.75. The summed E-state index contributed by atoms with van der Waals surface area (Å²) in [5.41, 5.74) is 6.52. The highest BCUT2D eigenvalue weighted by atomic mass is 16.1. The molecule has 1 aromatic carbocycles. The van der Waals surface area contributed by atoms with Gasteiger partial charge in [0.2, 0.25) is 5.91 Å². The Morgan fingerprint density at radius 1 is 1.29 bits per heavy atom. The molecule has 1 aromatic heterocycles. The van der Waals surface area contributed by atoms with Crippen LogP contribution in [0.2, 0.25) is 0 Å². The Hall–Kier alpha value is -2.17. The molecule has 1 heterocycles. The van der Waals surface area contributed by atoms with Crippen molar-refractivity contribution in [2.45, 2.75) is 44.6 Å². The van der Waals surface area contributed by atoms with Crippen LogP contribution >= 0.6 is 0 Å². The van der Waals surface area contributed by atoms with E-state index in [1.807, 2.05) is 22.9 Å². The lowest BCUT2D eigenvalue weighted by atomic mass is 9.85. The normalized spacial score (nSPS) is 14.9. The van der Waals surface area contributed by atoms with Crippen LogP contribution in [-0.2, 0) is 24.2 Å². The molecule has 2 aromatic rings. The molecule has 0 unspecified atom stereocenters. The quantitative estimate of drug-likeness (QED) is 0.879. The van der Waals surface area contributed by atoms with E-state index >= 15 is 0 Å². The zero-order valence-electron chi connectivity index (χ0n) is 12.0. The summed E-state index contributed by atoms with van der Waals surface area (Å²) in [5, 5.41) is 4.47. The second kappa shape index (κ2) is 6.08. The summed E-state index contributed by atoms with van der Waals surface area (Å²) in [4.78, 5) is 15.6. The number of carbonyl (C=O) groups is 1. The lowest BCUT2D eigenvalue weighted by molar-refractivity contribution is -0.117. The summed E-state index contributed by atoms with van der Waals surface area (Å²) >= 11 is 0. The van der Waals surface area contributed by atoms with Crippen LogP contribution in [0.25, 0.3) is 0 Å². The van der Waals surface area contributed by atoms with Gasteiger partial charge < -0.3 is 5.73 Å². The molecule has 0 bridgehead atoms. The predicted molar refractivity (Wildman–Crippen MR) is 79.7 cm³/mol. The van der Waals surface area contributed by atoms with Crippen LogP contribution < -0.4 is 5.73 Å². The molecule has 1 aliphatic rings. The van der Waals surface area contributed by atoms with Gasteiger partial charge in [-0.3, -0.25) is 4.79 Å². The summed E-state index contributed by atoms with van der Waals surface area (Å²) in [5.74, 6) is 1.69. The molecule has 110 valence electrons. The zero-order chi connectivity index (χ0) is 14.7. The number of hydrogen-bond donors (Lipinski definition) is 1. The topological polar surface area (TPSA) is 73.8 Å². The van der Waals surface area contributed by atoms with Gasteiger partial charge in [-0.25, -0.2) is 9.67 Å². The number of amides is 1. The molecule has 0 aliphatic heterocycles. The summed E-state index contributed by atoms with van der Waals surface area (Å²) in [6, 6.07) is 10.3. The average Bonchev–Trinajstić information content (AvgIpc) is 2.77. The van der Waals surface area contributed by atoms with E-state index in [9.17, 15) is 4.79 Å². The fourth-order valence-electron chi connectivity index (χ4n) is 2.65. The third-order valence-electron chi connectivity index (χ3n) is 4.00. The number of primary amides is 1.